The molecule has 2 rings (SSSR count). The Morgan fingerprint density at radius 3 is 2.32 bits per heavy atom. The van der Waals surface area contributed by atoms with Crippen LogP contribution >= 0.6 is 23.2 Å². The van der Waals surface area contributed by atoms with Gasteiger partial charge in [0.2, 0.25) is 5.91 Å². The van der Waals surface area contributed by atoms with E-state index in [0.29, 0.717) is 22.3 Å². The maximum absolute atomic E-state index is 12.8. The minimum Gasteiger partial charge on any atom is -0.322 e. The molecule has 0 aliphatic carbocycles. The number of nitrogens with one attached hydrogen (secondary N) is 1. The largest absolute Gasteiger partial charge is 0.322 e. The quantitative estimate of drug-likeness (QED) is 0.884. The predicted octanol–water partition coefficient (Wildman–Crippen LogP) is 4.20. The van der Waals surface area contributed by atoms with Gasteiger partial charge in [-0.15, -0.1) is 0 Å². The molecule has 0 spiro atoms. The molecule has 0 aliphatic rings. The first kappa shape index (κ1) is 16.7. The minimum atomic E-state index is -0.280. The van der Waals surface area contributed by atoms with Crippen molar-refractivity contribution in [2.24, 2.45) is 0 Å². The van der Waals surface area contributed by atoms with E-state index in [9.17, 15) is 9.18 Å². The molecule has 0 heterocycles. The molecule has 0 fully saturated rings. The number of hydrogen-bond donors (Lipinski definition) is 1. The van der Waals surface area contributed by atoms with Crippen molar-refractivity contribution < 1.29 is 9.18 Å². The number of rotatable bonds is 5. The Balaban J connectivity index is 1.92. The first-order valence-electron chi connectivity index (χ1n) is 6.62. The van der Waals surface area contributed by atoms with Crippen molar-refractivity contribution in [2.45, 2.75) is 6.54 Å². The van der Waals surface area contributed by atoms with E-state index in [2.05, 4.69) is 5.32 Å². The van der Waals surface area contributed by atoms with Crippen LogP contribution in [0.15, 0.2) is 42.5 Å². The minimum absolute atomic E-state index is 0.166. The van der Waals surface area contributed by atoms with Crippen molar-refractivity contribution >= 4 is 34.8 Å². The third-order valence-electron chi connectivity index (χ3n) is 3.01. The summed E-state index contributed by atoms with van der Waals surface area (Å²) in [7, 11) is 1.80. The number of carbonyl (C=O) groups is 1. The lowest BCUT2D eigenvalue weighted by molar-refractivity contribution is -0.117. The summed E-state index contributed by atoms with van der Waals surface area (Å²) in [6, 6.07) is 11.2. The van der Waals surface area contributed by atoms with Gasteiger partial charge in [-0.3, -0.25) is 9.69 Å². The lowest BCUT2D eigenvalue weighted by Gasteiger charge is -2.17. The highest BCUT2D eigenvalue weighted by molar-refractivity contribution is 6.39. The number of carbonyl (C=O) groups excluding carboxylic acids is 1. The molecule has 116 valence electrons. The van der Waals surface area contributed by atoms with E-state index in [0.717, 1.165) is 5.56 Å². The van der Waals surface area contributed by atoms with E-state index in [4.69, 9.17) is 23.2 Å². The number of halogens is 3. The van der Waals surface area contributed by atoms with Gasteiger partial charge in [-0.1, -0.05) is 41.4 Å². The molecule has 0 atom stereocenters. The zero-order valence-corrected chi connectivity index (χ0v) is 13.5. The van der Waals surface area contributed by atoms with Crippen molar-refractivity contribution in [3.05, 3.63) is 63.9 Å². The fourth-order valence-corrected chi connectivity index (χ4v) is 2.49. The molecule has 1 amide bonds. The fraction of sp³-hybridized carbons (Fsp3) is 0.188. The van der Waals surface area contributed by atoms with Gasteiger partial charge in [0.15, 0.2) is 0 Å². The summed E-state index contributed by atoms with van der Waals surface area (Å²) in [5, 5.41) is 3.48. The van der Waals surface area contributed by atoms with Crippen molar-refractivity contribution in [1.82, 2.24) is 4.90 Å². The average Bonchev–Trinajstić information content (AvgIpc) is 2.45. The van der Waals surface area contributed by atoms with Crippen molar-refractivity contribution in [1.29, 1.82) is 0 Å². The number of likely N-dealkylation sites (N-methyl/N-ethyl adjacent to an activating group) is 1. The van der Waals surface area contributed by atoms with Gasteiger partial charge in [0.05, 0.1) is 22.3 Å². The summed E-state index contributed by atoms with van der Waals surface area (Å²) in [6.45, 7) is 0.697. The highest BCUT2D eigenvalue weighted by Gasteiger charge is 2.12. The van der Waals surface area contributed by atoms with Gasteiger partial charge in [0, 0.05) is 6.54 Å². The van der Waals surface area contributed by atoms with Gasteiger partial charge in [0.1, 0.15) is 5.82 Å². The Labute approximate surface area is 138 Å². The smallest absolute Gasteiger partial charge is 0.238 e. The Morgan fingerprint density at radius 1 is 1.14 bits per heavy atom. The Kier molecular flexibility index (Phi) is 5.77. The molecule has 0 saturated carbocycles. The molecule has 2 aromatic carbocycles. The molecule has 2 aromatic rings. The van der Waals surface area contributed by atoms with Crippen LogP contribution in [0.25, 0.3) is 0 Å². The van der Waals surface area contributed by atoms with Crippen LogP contribution in [0.4, 0.5) is 10.1 Å². The molecule has 1 N–H and O–H groups in total. The maximum Gasteiger partial charge on any atom is 0.238 e. The Morgan fingerprint density at radius 2 is 1.73 bits per heavy atom. The third-order valence-corrected chi connectivity index (χ3v) is 3.64. The first-order valence-corrected chi connectivity index (χ1v) is 7.38. The van der Waals surface area contributed by atoms with Gasteiger partial charge in [-0.2, -0.15) is 0 Å². The van der Waals surface area contributed by atoms with Crippen LogP contribution < -0.4 is 5.32 Å². The monoisotopic (exact) mass is 340 g/mol. The van der Waals surface area contributed by atoms with Gasteiger partial charge >= 0.3 is 0 Å². The van der Waals surface area contributed by atoms with Crippen LogP contribution in [0.3, 0.4) is 0 Å². The molecule has 0 bridgehead atoms. The SMILES string of the molecule is CN(CC(=O)Nc1c(Cl)cccc1Cl)Cc1ccc(F)cc1. The summed E-state index contributed by atoms with van der Waals surface area (Å²) < 4.78 is 12.8. The summed E-state index contributed by atoms with van der Waals surface area (Å²) in [5.74, 6) is -0.503. The van der Waals surface area contributed by atoms with E-state index in [1.54, 1.807) is 37.4 Å². The van der Waals surface area contributed by atoms with Crippen LogP contribution in [-0.2, 0) is 11.3 Å². The first-order chi connectivity index (χ1) is 10.5. The number of anilines is 1. The van der Waals surface area contributed by atoms with E-state index >= 15 is 0 Å². The van der Waals surface area contributed by atoms with Gasteiger partial charge in [-0.05, 0) is 36.9 Å². The van der Waals surface area contributed by atoms with Crippen LogP contribution in [0.5, 0.6) is 0 Å². The fourth-order valence-electron chi connectivity index (χ4n) is 2.00. The van der Waals surface area contributed by atoms with Crippen molar-refractivity contribution in [3.8, 4) is 0 Å². The molecule has 22 heavy (non-hydrogen) atoms. The molecule has 0 aliphatic heterocycles. The average molecular weight is 341 g/mol. The highest BCUT2D eigenvalue weighted by Crippen LogP contribution is 2.29. The number of hydrogen-bond acceptors (Lipinski definition) is 2. The van der Waals surface area contributed by atoms with Crippen molar-refractivity contribution in [2.75, 3.05) is 18.9 Å². The second-order valence-electron chi connectivity index (χ2n) is 4.94. The third kappa shape index (κ3) is 4.70. The summed E-state index contributed by atoms with van der Waals surface area (Å²) in [5.41, 5.74) is 1.33. The molecule has 0 radical (unpaired) electrons. The summed E-state index contributed by atoms with van der Waals surface area (Å²) in [4.78, 5) is 13.9. The van der Waals surface area contributed by atoms with E-state index in [1.165, 1.54) is 12.1 Å². The zero-order valence-electron chi connectivity index (χ0n) is 11.9. The van der Waals surface area contributed by atoms with E-state index < -0.39 is 0 Å². The second kappa shape index (κ2) is 7.58. The van der Waals surface area contributed by atoms with Gasteiger partial charge in [0.25, 0.3) is 0 Å². The topological polar surface area (TPSA) is 32.3 Å². The zero-order chi connectivity index (χ0) is 16.1. The highest BCUT2D eigenvalue weighted by atomic mass is 35.5. The Hall–Kier alpha value is -1.62. The van der Waals surface area contributed by atoms with E-state index in [1.807, 2.05) is 4.90 Å². The molecule has 0 unspecified atom stereocenters. The van der Waals surface area contributed by atoms with Crippen LogP contribution in [0.1, 0.15) is 5.56 Å². The van der Waals surface area contributed by atoms with Gasteiger partial charge < -0.3 is 5.32 Å². The van der Waals surface area contributed by atoms with Gasteiger partial charge in [-0.25, -0.2) is 4.39 Å². The number of amides is 1. The molecular formula is C16H15Cl2FN2O. The summed E-state index contributed by atoms with van der Waals surface area (Å²) >= 11 is 12.0. The molecule has 3 nitrogen and oxygen atoms in total. The van der Waals surface area contributed by atoms with Crippen LogP contribution in [0.2, 0.25) is 10.0 Å². The molecule has 0 aromatic heterocycles. The van der Waals surface area contributed by atoms with Crippen LogP contribution in [-0.4, -0.2) is 24.4 Å². The number of nitrogens with zero attached hydrogens (tertiary/aromatic N) is 1. The molecule has 6 heteroatoms. The molecule has 0 saturated heterocycles. The number of benzene rings is 2. The van der Waals surface area contributed by atoms with E-state index in [-0.39, 0.29) is 18.3 Å². The Bertz CT molecular complexity index is 641. The normalized spacial score (nSPS) is 10.8. The standard InChI is InChI=1S/C16H15Cl2FN2O/c1-21(9-11-5-7-12(19)8-6-11)10-15(22)20-16-13(17)3-2-4-14(16)18/h2-8H,9-10H2,1H3,(H,20,22). The predicted molar refractivity (Wildman–Crippen MR) is 87.8 cm³/mol. The second-order valence-corrected chi connectivity index (χ2v) is 5.76. The van der Waals surface area contributed by atoms with Crippen LogP contribution in [0, 0.1) is 5.82 Å². The number of para-hydroxylation sites is 1. The summed E-state index contributed by atoms with van der Waals surface area (Å²) in [6.07, 6.45) is 0. The lowest BCUT2D eigenvalue weighted by Crippen LogP contribution is -2.30. The maximum atomic E-state index is 12.8. The van der Waals surface area contributed by atoms with Crippen molar-refractivity contribution in [3.63, 3.8) is 0 Å². The molecular weight excluding hydrogens is 326 g/mol. The lowest BCUT2D eigenvalue weighted by atomic mass is 10.2.